The zero-order chi connectivity index (χ0) is 26.6. The van der Waals surface area contributed by atoms with Crippen LogP contribution in [0.25, 0.3) is 11.1 Å². The van der Waals surface area contributed by atoms with Crippen LogP contribution in [0.4, 0.5) is 13.2 Å². The predicted octanol–water partition coefficient (Wildman–Crippen LogP) is 5.09. The van der Waals surface area contributed by atoms with Gasteiger partial charge in [-0.3, -0.25) is 10.2 Å². The van der Waals surface area contributed by atoms with E-state index in [9.17, 15) is 26.4 Å². The zero-order valence-electron chi connectivity index (χ0n) is 18.2. The summed E-state index contributed by atoms with van der Waals surface area (Å²) in [5.41, 5.74) is 7.58. The molecule has 1 aromatic heterocycles. The lowest BCUT2D eigenvalue weighted by molar-refractivity contribution is -0.192. The van der Waals surface area contributed by atoms with E-state index in [0.29, 0.717) is 20.2 Å². The lowest BCUT2D eigenvalue weighted by Crippen LogP contribution is -2.21. The number of benzene rings is 2. The number of nitrogens with two attached hydrogens (primary N) is 1. The van der Waals surface area contributed by atoms with Crippen LogP contribution in [0, 0.1) is 5.41 Å². The van der Waals surface area contributed by atoms with Crippen molar-refractivity contribution in [1.29, 1.82) is 5.41 Å². The van der Waals surface area contributed by atoms with Gasteiger partial charge in [-0.25, -0.2) is 13.2 Å². The second-order valence-corrected chi connectivity index (χ2v) is 10.9. The van der Waals surface area contributed by atoms with Crippen LogP contribution >= 0.6 is 23.1 Å². The Labute approximate surface area is 207 Å². The molecule has 7 nitrogen and oxygen atoms in total. The van der Waals surface area contributed by atoms with Crippen LogP contribution in [0.2, 0.25) is 0 Å². The van der Waals surface area contributed by atoms with Crippen molar-refractivity contribution in [2.24, 2.45) is 5.73 Å². The van der Waals surface area contributed by atoms with Crippen molar-refractivity contribution in [1.82, 2.24) is 0 Å². The molecule has 0 unspecified atom stereocenters. The fourth-order valence-electron chi connectivity index (χ4n) is 2.71. The molecule has 4 N–H and O–H groups in total. The van der Waals surface area contributed by atoms with Gasteiger partial charge in [0, 0.05) is 5.56 Å². The molecule has 0 saturated carbocycles. The SMILES string of the molecule is CSc1sc(C(=N)N)cc1S(=O)(=O)c1cccc(-c2cccc(C(C)=O)c2)c1.O=C(O)C(F)(F)F. The van der Waals surface area contributed by atoms with E-state index >= 15 is 0 Å². The summed E-state index contributed by atoms with van der Waals surface area (Å²) >= 11 is 2.50. The highest BCUT2D eigenvalue weighted by Crippen LogP contribution is 2.37. The Morgan fingerprint density at radius 3 is 2.09 bits per heavy atom. The quantitative estimate of drug-likeness (QED) is 0.170. The number of ketones is 1. The zero-order valence-corrected chi connectivity index (χ0v) is 20.7. The maximum atomic E-state index is 13.2. The summed E-state index contributed by atoms with van der Waals surface area (Å²) < 4.78 is 58.8. The highest BCUT2D eigenvalue weighted by Gasteiger charge is 2.38. The number of hydrogen-bond donors (Lipinski definition) is 3. The number of Topliss-reactive ketones (excluding diaryl/α,β-unsaturated/α-hetero) is 1. The molecule has 0 atom stereocenters. The minimum Gasteiger partial charge on any atom is -0.475 e. The van der Waals surface area contributed by atoms with Crippen LogP contribution in [-0.4, -0.2) is 43.5 Å². The van der Waals surface area contributed by atoms with Gasteiger partial charge in [0.05, 0.1) is 18.9 Å². The molecule has 1 heterocycles. The Morgan fingerprint density at radius 1 is 1.06 bits per heavy atom. The molecule has 13 heteroatoms. The van der Waals surface area contributed by atoms with Gasteiger partial charge < -0.3 is 10.8 Å². The number of thioether (sulfide) groups is 1. The molecule has 3 aromatic rings. The van der Waals surface area contributed by atoms with E-state index in [1.807, 2.05) is 12.1 Å². The van der Waals surface area contributed by atoms with Crippen LogP contribution in [0.1, 0.15) is 22.2 Å². The molecule has 0 bridgehead atoms. The summed E-state index contributed by atoms with van der Waals surface area (Å²) in [5.74, 6) is -2.96. The first-order valence-electron chi connectivity index (χ1n) is 9.47. The van der Waals surface area contributed by atoms with Crippen molar-refractivity contribution in [2.75, 3.05) is 6.26 Å². The number of alkyl halides is 3. The number of thiophene rings is 1. The summed E-state index contributed by atoms with van der Waals surface area (Å²) in [6.07, 6.45) is -3.29. The average molecular weight is 545 g/mol. The van der Waals surface area contributed by atoms with Gasteiger partial charge in [0.25, 0.3) is 0 Å². The van der Waals surface area contributed by atoms with Crippen LogP contribution in [0.3, 0.4) is 0 Å². The topological polar surface area (TPSA) is 138 Å². The highest BCUT2D eigenvalue weighted by atomic mass is 32.2. The normalized spacial score (nSPS) is 11.3. The third kappa shape index (κ3) is 6.93. The number of carboxylic acids is 1. The molecule has 35 heavy (non-hydrogen) atoms. The number of carbonyl (C=O) groups is 2. The Bertz CT molecular complexity index is 1380. The smallest absolute Gasteiger partial charge is 0.475 e. The van der Waals surface area contributed by atoms with Gasteiger partial charge in [-0.1, -0.05) is 30.3 Å². The second-order valence-electron chi connectivity index (χ2n) is 6.85. The number of halogens is 3. The summed E-state index contributed by atoms with van der Waals surface area (Å²) in [7, 11) is -3.78. The van der Waals surface area contributed by atoms with E-state index in [0.717, 1.165) is 5.56 Å². The van der Waals surface area contributed by atoms with Gasteiger partial charge in [-0.05, 0) is 48.6 Å². The van der Waals surface area contributed by atoms with Gasteiger partial charge in [0.1, 0.15) is 5.84 Å². The Hall–Kier alpha value is -3.16. The standard InChI is InChI=1S/C20H18N2O3S3.C2HF3O2/c1-12(23)13-5-3-6-14(9-13)15-7-4-8-16(10-15)28(24,25)18-11-17(19(21)22)27-20(18)26-2;3-2(4,5)1(6)7/h3-11H,1-2H3,(H3,21,22);(H,6,7). The molecule has 0 saturated heterocycles. The van der Waals surface area contributed by atoms with Crippen LogP contribution < -0.4 is 5.73 Å². The summed E-state index contributed by atoms with van der Waals surface area (Å²) in [6, 6.07) is 15.2. The van der Waals surface area contributed by atoms with Crippen molar-refractivity contribution in [3.8, 4) is 11.1 Å². The average Bonchev–Trinajstić information content (AvgIpc) is 3.25. The van der Waals surface area contributed by atoms with Gasteiger partial charge in [0.2, 0.25) is 9.84 Å². The fraction of sp³-hybridized carbons (Fsp3) is 0.136. The van der Waals surface area contributed by atoms with E-state index in [1.54, 1.807) is 42.7 Å². The van der Waals surface area contributed by atoms with E-state index in [-0.39, 0.29) is 21.4 Å². The largest absolute Gasteiger partial charge is 0.490 e. The van der Waals surface area contributed by atoms with E-state index in [4.69, 9.17) is 21.0 Å². The first-order valence-corrected chi connectivity index (χ1v) is 13.0. The second kappa shape index (κ2) is 11.1. The third-order valence-electron chi connectivity index (χ3n) is 4.40. The predicted molar refractivity (Wildman–Crippen MR) is 128 cm³/mol. The lowest BCUT2D eigenvalue weighted by atomic mass is 10.0. The third-order valence-corrected chi connectivity index (χ3v) is 8.73. The molecule has 186 valence electrons. The molecule has 2 aromatic carbocycles. The van der Waals surface area contributed by atoms with Gasteiger partial charge in [-0.2, -0.15) is 13.2 Å². The molecule has 0 fully saturated rings. The number of carboxylic acid groups (broad SMARTS) is 1. The summed E-state index contributed by atoms with van der Waals surface area (Å²) in [4.78, 5) is 21.3. The summed E-state index contributed by atoms with van der Waals surface area (Å²) in [6.45, 7) is 1.49. The number of rotatable bonds is 6. The lowest BCUT2D eigenvalue weighted by Gasteiger charge is -2.08. The fourth-order valence-corrected chi connectivity index (χ4v) is 6.61. The van der Waals surface area contributed by atoms with Crippen LogP contribution in [0.15, 0.2) is 68.6 Å². The van der Waals surface area contributed by atoms with Crippen LogP contribution in [-0.2, 0) is 14.6 Å². The van der Waals surface area contributed by atoms with E-state index in [2.05, 4.69) is 0 Å². The number of sulfone groups is 1. The number of carbonyl (C=O) groups excluding carboxylic acids is 1. The first kappa shape index (κ1) is 28.1. The first-order chi connectivity index (χ1) is 16.2. The summed E-state index contributed by atoms with van der Waals surface area (Å²) in [5, 5.41) is 14.7. The molecule has 0 aliphatic carbocycles. The van der Waals surface area contributed by atoms with E-state index in [1.165, 1.54) is 36.1 Å². The van der Waals surface area contributed by atoms with Crippen LogP contribution in [0.5, 0.6) is 0 Å². The minimum absolute atomic E-state index is 0.0507. The van der Waals surface area contributed by atoms with Crippen molar-refractivity contribution >= 4 is 50.5 Å². The molecular weight excluding hydrogens is 525 g/mol. The van der Waals surface area contributed by atoms with E-state index < -0.39 is 22.0 Å². The molecule has 0 amide bonds. The highest BCUT2D eigenvalue weighted by molar-refractivity contribution is 8.01. The van der Waals surface area contributed by atoms with Gasteiger partial charge >= 0.3 is 12.1 Å². The maximum Gasteiger partial charge on any atom is 0.490 e. The number of nitrogens with one attached hydrogen (secondary N) is 1. The monoisotopic (exact) mass is 544 g/mol. The number of nitrogen functional groups attached to an aromatic ring is 1. The minimum atomic E-state index is -5.08. The van der Waals surface area contributed by atoms with Gasteiger partial charge in [0.15, 0.2) is 5.78 Å². The molecule has 0 aliphatic heterocycles. The van der Waals surface area contributed by atoms with Crippen molar-refractivity contribution in [3.05, 3.63) is 65.0 Å². The maximum absolute atomic E-state index is 13.2. The Morgan fingerprint density at radius 2 is 1.60 bits per heavy atom. The molecule has 3 rings (SSSR count). The molecule has 0 aliphatic rings. The van der Waals surface area contributed by atoms with Crippen molar-refractivity contribution < 1.29 is 36.3 Å². The molecule has 0 spiro atoms. The number of hydrogen-bond acceptors (Lipinski definition) is 7. The van der Waals surface area contributed by atoms with Crippen molar-refractivity contribution in [2.45, 2.75) is 27.1 Å². The molecule has 0 radical (unpaired) electrons. The Balaban J connectivity index is 0.000000540. The number of amidine groups is 1. The van der Waals surface area contributed by atoms with Crippen molar-refractivity contribution in [3.63, 3.8) is 0 Å². The molecular formula is C22H19F3N2O5S3. The van der Waals surface area contributed by atoms with Gasteiger partial charge in [-0.15, -0.1) is 23.1 Å². The number of aliphatic carboxylic acids is 1. The Kier molecular flexibility index (Phi) is 8.87.